The van der Waals surface area contributed by atoms with Crippen LogP contribution in [-0.4, -0.2) is 9.97 Å². The first kappa shape index (κ1) is 30.5. The van der Waals surface area contributed by atoms with E-state index in [0.717, 1.165) is 89.4 Å². The van der Waals surface area contributed by atoms with E-state index in [0.29, 0.717) is 0 Å². The van der Waals surface area contributed by atoms with Crippen molar-refractivity contribution in [3.05, 3.63) is 168 Å². The van der Waals surface area contributed by atoms with E-state index in [4.69, 9.17) is 19.9 Å². The molecule has 9 rings (SSSR count). The molecule has 2 aliphatic heterocycles. The van der Waals surface area contributed by atoms with Crippen LogP contribution in [-0.2, 0) is 22.4 Å². The fourth-order valence-electron chi connectivity index (χ4n) is 6.69. The molecule has 2 aliphatic rings. The number of aromatic nitrogens is 4. The summed E-state index contributed by atoms with van der Waals surface area (Å²) in [6.07, 6.45) is 8.41. The number of hydrogen-bond acceptors (Lipinski definition) is 2. The molecule has 234 valence electrons. The first-order chi connectivity index (χ1) is 23.8. The van der Waals surface area contributed by atoms with Crippen molar-refractivity contribution in [3.63, 3.8) is 0 Å². The maximum atomic E-state index is 5.31. The van der Waals surface area contributed by atoms with Gasteiger partial charge in [0, 0.05) is 0 Å². The fourth-order valence-corrected chi connectivity index (χ4v) is 6.69. The molecule has 8 bridgehead atoms. The van der Waals surface area contributed by atoms with Gasteiger partial charge in [0.1, 0.15) is 0 Å². The van der Waals surface area contributed by atoms with Crippen molar-refractivity contribution in [2.45, 2.75) is 0 Å². The second-order valence-corrected chi connectivity index (χ2v) is 11.8. The Balaban J connectivity index is 0.00000348. The maximum Gasteiger partial charge on any atom is 3.00 e. The topological polar surface area (TPSA) is 54.0 Å². The fraction of sp³-hybridized carbons (Fsp3) is 0. The molecule has 0 radical (unpaired) electrons. The molecule has 0 unspecified atom stereocenters. The molecule has 7 aromatic rings. The van der Waals surface area contributed by atoms with E-state index < -0.39 is 0 Å². The minimum Gasteiger partial charge on any atom is -0.657 e. The summed E-state index contributed by atoms with van der Waals surface area (Å²) in [6, 6.07) is 50.0. The van der Waals surface area contributed by atoms with E-state index in [1.807, 2.05) is 24.3 Å². The molecular formula is C44H28AuN4+. The maximum absolute atomic E-state index is 5.31. The molecule has 0 N–H and O–H groups in total. The molecule has 4 aromatic carbocycles. The third-order valence-electron chi connectivity index (χ3n) is 8.86. The van der Waals surface area contributed by atoms with E-state index in [2.05, 4.69) is 146 Å². The number of hydrogen-bond donors (Lipinski definition) is 0. The average Bonchev–Trinajstić information content (AvgIpc) is 3.98. The van der Waals surface area contributed by atoms with E-state index in [9.17, 15) is 0 Å². The van der Waals surface area contributed by atoms with Crippen LogP contribution in [0.25, 0.3) is 90.9 Å². The van der Waals surface area contributed by atoms with Gasteiger partial charge in [0.05, 0.1) is 22.8 Å². The molecule has 0 fully saturated rings. The van der Waals surface area contributed by atoms with Crippen LogP contribution in [0.2, 0.25) is 0 Å². The van der Waals surface area contributed by atoms with Crippen LogP contribution in [0, 0.1) is 0 Å². The van der Waals surface area contributed by atoms with Crippen molar-refractivity contribution in [2.24, 2.45) is 0 Å². The van der Waals surface area contributed by atoms with Gasteiger partial charge >= 0.3 is 22.4 Å². The van der Waals surface area contributed by atoms with E-state index >= 15 is 0 Å². The molecule has 3 aromatic heterocycles. The molecule has 0 saturated heterocycles. The summed E-state index contributed by atoms with van der Waals surface area (Å²) in [5.41, 5.74) is 15.0. The molecule has 5 heteroatoms. The summed E-state index contributed by atoms with van der Waals surface area (Å²) in [4.78, 5) is 21.2. The first-order valence-electron chi connectivity index (χ1n) is 16.1. The third kappa shape index (κ3) is 5.62. The second kappa shape index (κ2) is 13.0. The number of rotatable bonds is 4. The van der Waals surface area contributed by atoms with Crippen molar-refractivity contribution in [3.8, 4) is 44.5 Å². The summed E-state index contributed by atoms with van der Waals surface area (Å²) in [5.74, 6) is 0. The molecule has 0 amide bonds. The Bertz CT molecular complexity index is 2180. The van der Waals surface area contributed by atoms with E-state index in [-0.39, 0.29) is 22.4 Å². The van der Waals surface area contributed by atoms with Crippen LogP contribution in [0.4, 0.5) is 0 Å². The molecule has 49 heavy (non-hydrogen) atoms. The molecular weight excluding hydrogens is 781 g/mol. The number of fused-ring (bicyclic) bond motifs is 8. The van der Waals surface area contributed by atoms with Crippen LogP contribution in [0.15, 0.2) is 146 Å². The van der Waals surface area contributed by atoms with E-state index in [1.54, 1.807) is 0 Å². The first-order valence-corrected chi connectivity index (χ1v) is 16.1. The molecule has 5 heterocycles. The van der Waals surface area contributed by atoms with Gasteiger partial charge in [-0.3, -0.25) is 0 Å². The van der Waals surface area contributed by atoms with Crippen molar-refractivity contribution in [1.29, 1.82) is 0 Å². The number of nitrogens with zero attached hydrogens (tertiary/aromatic N) is 4. The zero-order valence-corrected chi connectivity index (χ0v) is 28.4. The SMILES string of the molecule is C1=Cc2nc1c(-c1ccccc1)c1ccc([n-]1)c(-c1ccccc1)c1nc(c(-c3ccccc3)c3ccc([n-]3)c2-c2ccccc2)C=C1.[Au+3]. The largest absolute Gasteiger partial charge is 3.00 e. The molecule has 4 nitrogen and oxygen atoms in total. The Morgan fingerprint density at radius 1 is 0.286 bits per heavy atom. The van der Waals surface area contributed by atoms with Crippen LogP contribution in [0.1, 0.15) is 22.8 Å². The summed E-state index contributed by atoms with van der Waals surface area (Å²) in [6.45, 7) is 0. The molecule has 0 spiro atoms. The summed E-state index contributed by atoms with van der Waals surface area (Å²) < 4.78 is 0. The summed E-state index contributed by atoms with van der Waals surface area (Å²) >= 11 is 0. The zero-order chi connectivity index (χ0) is 31.9. The van der Waals surface area contributed by atoms with Gasteiger partial charge in [0.2, 0.25) is 0 Å². The van der Waals surface area contributed by atoms with Gasteiger partial charge in [-0.1, -0.05) is 146 Å². The van der Waals surface area contributed by atoms with Crippen LogP contribution < -0.4 is 9.97 Å². The van der Waals surface area contributed by atoms with Crippen LogP contribution >= 0.6 is 0 Å². The standard InChI is InChI=1S/C44H28N4.Au/c1-5-13-29(14-6-1)41-33-21-23-35(45-33)42(30-15-7-2-8-16-30)37-25-27-39(47-37)44(32-19-11-4-12-20-32)40-28-26-38(48-40)43(31-17-9-3-10-18-31)36-24-22-34(41)46-36;/h1-28H;/q-2;+3. The Labute approximate surface area is 300 Å². The predicted octanol–water partition coefficient (Wildman–Crippen LogP) is 10.6. The van der Waals surface area contributed by atoms with Crippen molar-refractivity contribution in [1.82, 2.24) is 19.9 Å². The Kier molecular flexibility index (Phi) is 8.12. The smallest absolute Gasteiger partial charge is 0.657 e. The quantitative estimate of drug-likeness (QED) is 0.166. The number of benzene rings is 4. The Morgan fingerprint density at radius 3 is 0.735 bits per heavy atom. The zero-order valence-electron chi connectivity index (χ0n) is 26.3. The molecule has 0 atom stereocenters. The Morgan fingerprint density at radius 2 is 0.510 bits per heavy atom. The molecule has 0 aliphatic carbocycles. The second-order valence-electron chi connectivity index (χ2n) is 11.8. The Hall–Kier alpha value is -5.78. The summed E-state index contributed by atoms with van der Waals surface area (Å²) in [5, 5.41) is 0. The molecule has 0 saturated carbocycles. The normalized spacial score (nSPS) is 11.8. The minimum absolute atomic E-state index is 0. The third-order valence-corrected chi connectivity index (χ3v) is 8.86. The van der Waals surface area contributed by atoms with Gasteiger partial charge in [-0.15, -0.1) is 22.1 Å². The van der Waals surface area contributed by atoms with Gasteiger partial charge in [0.25, 0.3) is 0 Å². The minimum atomic E-state index is 0. The summed E-state index contributed by atoms with van der Waals surface area (Å²) in [7, 11) is 0. The predicted molar refractivity (Wildman–Crippen MR) is 199 cm³/mol. The van der Waals surface area contributed by atoms with Gasteiger partial charge < -0.3 is 9.97 Å². The van der Waals surface area contributed by atoms with Crippen LogP contribution in [0.5, 0.6) is 0 Å². The van der Waals surface area contributed by atoms with Gasteiger partial charge in [0.15, 0.2) is 0 Å². The van der Waals surface area contributed by atoms with E-state index in [1.165, 1.54) is 0 Å². The van der Waals surface area contributed by atoms with Gasteiger partial charge in [-0.05, 0) is 68.8 Å². The van der Waals surface area contributed by atoms with Crippen molar-refractivity contribution < 1.29 is 22.4 Å². The monoisotopic (exact) mass is 809 g/mol. The van der Waals surface area contributed by atoms with Gasteiger partial charge in [-0.2, -0.15) is 0 Å². The van der Waals surface area contributed by atoms with Crippen LogP contribution in [0.3, 0.4) is 0 Å². The van der Waals surface area contributed by atoms with Gasteiger partial charge in [-0.25, -0.2) is 9.97 Å². The average molecular weight is 810 g/mol. The van der Waals surface area contributed by atoms with Crippen molar-refractivity contribution >= 4 is 46.4 Å². The van der Waals surface area contributed by atoms with Crippen molar-refractivity contribution in [2.75, 3.05) is 0 Å².